The fraction of sp³-hybridized carbons (Fsp3) is 0.381. The Morgan fingerprint density at radius 2 is 1.88 bits per heavy atom. The summed E-state index contributed by atoms with van der Waals surface area (Å²) in [6.45, 7) is 2.99. The lowest BCUT2D eigenvalue weighted by atomic mass is 9.96. The molecule has 1 atom stereocenters. The maximum Gasteiger partial charge on any atom is 0.227 e. The van der Waals surface area contributed by atoms with Gasteiger partial charge in [0, 0.05) is 32.2 Å². The van der Waals surface area contributed by atoms with Crippen LogP contribution in [0, 0.1) is 11.7 Å². The van der Waals surface area contributed by atoms with Gasteiger partial charge in [0.2, 0.25) is 5.91 Å². The molecule has 0 saturated carbocycles. The van der Waals surface area contributed by atoms with E-state index in [4.69, 9.17) is 0 Å². The minimum Gasteiger partial charge on any atom is -0.341 e. The standard InChI is InChI=1S/C21H25FN2O/c1-23(15-18-10-5-6-12-20(18)22)21(25)19-11-7-13-24(16-19)14-17-8-3-2-4-9-17/h2-6,8-10,12,19H,7,11,13-16H2,1H3/t19-/m1/s1. The molecule has 3 nitrogen and oxygen atoms in total. The van der Waals surface area contributed by atoms with Crippen molar-refractivity contribution in [3.63, 3.8) is 0 Å². The highest BCUT2D eigenvalue weighted by molar-refractivity contribution is 5.79. The van der Waals surface area contributed by atoms with Gasteiger partial charge in [-0.25, -0.2) is 4.39 Å². The summed E-state index contributed by atoms with van der Waals surface area (Å²) in [4.78, 5) is 16.8. The van der Waals surface area contributed by atoms with Crippen LogP contribution in [0.4, 0.5) is 4.39 Å². The molecule has 4 heteroatoms. The van der Waals surface area contributed by atoms with Crippen LogP contribution in [0.2, 0.25) is 0 Å². The molecule has 0 bridgehead atoms. The molecule has 1 saturated heterocycles. The molecule has 1 heterocycles. The van der Waals surface area contributed by atoms with Gasteiger partial charge in [-0.2, -0.15) is 0 Å². The van der Waals surface area contributed by atoms with Crippen molar-refractivity contribution in [2.24, 2.45) is 5.92 Å². The SMILES string of the molecule is CN(Cc1ccccc1F)C(=O)[C@@H]1CCCN(Cc2ccccc2)C1. The topological polar surface area (TPSA) is 23.6 Å². The summed E-state index contributed by atoms with van der Waals surface area (Å²) in [5.74, 6) is -0.147. The number of hydrogen-bond donors (Lipinski definition) is 0. The average molecular weight is 340 g/mol. The smallest absolute Gasteiger partial charge is 0.227 e. The Bertz CT molecular complexity index is 704. The molecular formula is C21H25FN2O. The van der Waals surface area contributed by atoms with Crippen molar-refractivity contribution in [3.8, 4) is 0 Å². The van der Waals surface area contributed by atoms with Gasteiger partial charge < -0.3 is 4.90 Å². The quantitative estimate of drug-likeness (QED) is 0.829. The Hall–Kier alpha value is -2.20. The average Bonchev–Trinajstić information content (AvgIpc) is 2.64. The summed E-state index contributed by atoms with van der Waals surface area (Å²) >= 11 is 0. The third-order valence-electron chi connectivity index (χ3n) is 4.85. The lowest BCUT2D eigenvalue weighted by Gasteiger charge is -2.34. The number of carbonyl (C=O) groups is 1. The van der Waals surface area contributed by atoms with E-state index in [1.54, 1.807) is 30.1 Å². The van der Waals surface area contributed by atoms with E-state index in [1.807, 2.05) is 18.2 Å². The van der Waals surface area contributed by atoms with Gasteiger partial charge in [0.15, 0.2) is 0 Å². The van der Waals surface area contributed by atoms with Crippen LogP contribution in [-0.2, 0) is 17.9 Å². The molecule has 0 N–H and O–H groups in total. The number of likely N-dealkylation sites (tertiary alicyclic amines) is 1. The summed E-state index contributed by atoms with van der Waals surface area (Å²) in [7, 11) is 1.77. The van der Waals surface area contributed by atoms with E-state index >= 15 is 0 Å². The Balaban J connectivity index is 1.58. The molecular weight excluding hydrogens is 315 g/mol. The van der Waals surface area contributed by atoms with E-state index in [-0.39, 0.29) is 17.6 Å². The Labute approximate surface area is 149 Å². The van der Waals surface area contributed by atoms with E-state index in [1.165, 1.54) is 11.6 Å². The van der Waals surface area contributed by atoms with Crippen molar-refractivity contribution in [1.82, 2.24) is 9.80 Å². The van der Waals surface area contributed by atoms with Crippen molar-refractivity contribution < 1.29 is 9.18 Å². The first-order valence-electron chi connectivity index (χ1n) is 8.88. The number of carbonyl (C=O) groups excluding carboxylic acids is 1. The predicted octanol–water partition coefficient (Wildman–Crippen LogP) is 3.70. The lowest BCUT2D eigenvalue weighted by Crippen LogP contribution is -2.43. The highest BCUT2D eigenvalue weighted by Gasteiger charge is 2.28. The highest BCUT2D eigenvalue weighted by Crippen LogP contribution is 2.21. The summed E-state index contributed by atoms with van der Waals surface area (Å²) in [6, 6.07) is 17.0. The molecule has 1 amide bonds. The Kier molecular flexibility index (Phi) is 5.82. The van der Waals surface area contributed by atoms with Gasteiger partial charge in [0.05, 0.1) is 5.92 Å². The van der Waals surface area contributed by atoms with E-state index in [0.29, 0.717) is 12.1 Å². The summed E-state index contributed by atoms with van der Waals surface area (Å²) < 4.78 is 13.8. The van der Waals surface area contributed by atoms with Crippen molar-refractivity contribution >= 4 is 5.91 Å². The monoisotopic (exact) mass is 340 g/mol. The second-order valence-corrected chi connectivity index (χ2v) is 6.85. The van der Waals surface area contributed by atoms with Gasteiger partial charge in [0.25, 0.3) is 0 Å². The zero-order valence-corrected chi connectivity index (χ0v) is 14.7. The molecule has 0 unspecified atom stereocenters. The third kappa shape index (κ3) is 4.67. The molecule has 0 aliphatic carbocycles. The first-order valence-corrected chi connectivity index (χ1v) is 8.88. The lowest BCUT2D eigenvalue weighted by molar-refractivity contribution is -0.136. The second kappa shape index (κ2) is 8.26. The number of piperidine rings is 1. The largest absolute Gasteiger partial charge is 0.341 e. The molecule has 2 aromatic carbocycles. The zero-order chi connectivity index (χ0) is 17.6. The van der Waals surface area contributed by atoms with Gasteiger partial charge in [-0.05, 0) is 31.0 Å². The van der Waals surface area contributed by atoms with Crippen LogP contribution in [0.5, 0.6) is 0 Å². The second-order valence-electron chi connectivity index (χ2n) is 6.85. The molecule has 2 aromatic rings. The first-order chi connectivity index (χ1) is 12.1. The third-order valence-corrected chi connectivity index (χ3v) is 4.85. The number of hydrogen-bond acceptors (Lipinski definition) is 2. The summed E-state index contributed by atoms with van der Waals surface area (Å²) in [6.07, 6.45) is 1.93. The maximum absolute atomic E-state index is 13.8. The zero-order valence-electron chi connectivity index (χ0n) is 14.7. The molecule has 1 fully saturated rings. The van der Waals surface area contributed by atoms with Crippen LogP contribution in [0.3, 0.4) is 0 Å². The number of halogens is 1. The van der Waals surface area contributed by atoms with Gasteiger partial charge in [-0.3, -0.25) is 9.69 Å². The van der Waals surface area contributed by atoms with Crippen LogP contribution in [0.25, 0.3) is 0 Å². The van der Waals surface area contributed by atoms with E-state index in [2.05, 4.69) is 17.0 Å². The van der Waals surface area contributed by atoms with E-state index in [9.17, 15) is 9.18 Å². The van der Waals surface area contributed by atoms with Gasteiger partial charge >= 0.3 is 0 Å². The van der Waals surface area contributed by atoms with Crippen molar-refractivity contribution in [2.45, 2.75) is 25.9 Å². The molecule has 1 aliphatic heterocycles. The maximum atomic E-state index is 13.8. The van der Waals surface area contributed by atoms with Crippen LogP contribution in [0.15, 0.2) is 54.6 Å². The minimum absolute atomic E-state index is 0.00534. The van der Waals surface area contributed by atoms with Crippen molar-refractivity contribution in [1.29, 1.82) is 0 Å². The van der Waals surface area contributed by atoms with Crippen LogP contribution in [0.1, 0.15) is 24.0 Å². The first kappa shape index (κ1) is 17.6. The van der Waals surface area contributed by atoms with Crippen molar-refractivity contribution in [3.05, 3.63) is 71.5 Å². The molecule has 132 valence electrons. The van der Waals surface area contributed by atoms with Crippen molar-refractivity contribution in [2.75, 3.05) is 20.1 Å². The van der Waals surface area contributed by atoms with Gasteiger partial charge in [-0.15, -0.1) is 0 Å². The Morgan fingerprint density at radius 3 is 2.64 bits per heavy atom. The Morgan fingerprint density at radius 1 is 1.16 bits per heavy atom. The van der Waals surface area contributed by atoms with Gasteiger partial charge in [-0.1, -0.05) is 48.5 Å². The molecule has 1 aliphatic rings. The highest BCUT2D eigenvalue weighted by atomic mass is 19.1. The number of rotatable bonds is 5. The molecule has 25 heavy (non-hydrogen) atoms. The van der Waals surface area contributed by atoms with Gasteiger partial charge in [0.1, 0.15) is 5.82 Å². The fourth-order valence-corrected chi connectivity index (χ4v) is 3.51. The number of nitrogens with zero attached hydrogens (tertiary/aromatic N) is 2. The minimum atomic E-state index is -0.253. The van der Waals surface area contributed by atoms with E-state index in [0.717, 1.165) is 32.5 Å². The fourth-order valence-electron chi connectivity index (χ4n) is 3.51. The van der Waals surface area contributed by atoms with E-state index < -0.39 is 0 Å². The molecule has 0 aromatic heterocycles. The number of amides is 1. The molecule has 3 rings (SSSR count). The number of benzene rings is 2. The summed E-state index contributed by atoms with van der Waals surface area (Å²) in [5.41, 5.74) is 1.84. The van der Waals surface area contributed by atoms with Crippen LogP contribution < -0.4 is 0 Å². The van der Waals surface area contributed by atoms with Crippen LogP contribution >= 0.6 is 0 Å². The summed E-state index contributed by atoms with van der Waals surface area (Å²) in [5, 5.41) is 0. The molecule has 0 radical (unpaired) electrons. The predicted molar refractivity (Wildman–Crippen MR) is 97.3 cm³/mol. The van der Waals surface area contributed by atoms with Crippen LogP contribution in [-0.4, -0.2) is 35.8 Å². The molecule has 0 spiro atoms. The normalized spacial score (nSPS) is 18.1.